The first-order valence-corrected chi connectivity index (χ1v) is 11.4. The summed E-state index contributed by atoms with van der Waals surface area (Å²) in [6.07, 6.45) is -6.01. The average molecular weight is 515 g/mol. The maximum atomic E-state index is 13.4. The molecule has 4 aromatic rings. The highest BCUT2D eigenvalue weighted by atomic mass is 19.4. The zero-order valence-electron chi connectivity index (χ0n) is 19.1. The Balaban J connectivity index is 1.69. The lowest BCUT2D eigenvalue weighted by atomic mass is 9.99. The Bertz CT molecular complexity index is 1580. The van der Waals surface area contributed by atoms with Crippen molar-refractivity contribution in [1.82, 2.24) is 4.57 Å². The summed E-state index contributed by atoms with van der Waals surface area (Å²) in [6, 6.07) is 14.1. The van der Waals surface area contributed by atoms with Crippen molar-refractivity contribution in [3.8, 4) is 0 Å². The van der Waals surface area contributed by atoms with E-state index in [0.29, 0.717) is 11.9 Å². The minimum atomic E-state index is -4.59. The van der Waals surface area contributed by atoms with Crippen molar-refractivity contribution < 1.29 is 31.1 Å². The number of para-hydroxylation sites is 1. The summed E-state index contributed by atoms with van der Waals surface area (Å²) < 4.78 is 81.2. The van der Waals surface area contributed by atoms with Gasteiger partial charge in [0.25, 0.3) is 5.91 Å². The molecular weight excluding hydrogens is 496 g/mol. The number of hydrogen-bond acceptors (Lipinski definition) is 2. The number of nitrogens with one attached hydrogen (secondary N) is 1. The van der Waals surface area contributed by atoms with Gasteiger partial charge in [-0.3, -0.25) is 4.79 Å². The molecule has 1 amide bonds. The second kappa shape index (κ2) is 9.10. The molecule has 0 radical (unpaired) electrons. The SMILES string of the molecule is O=C(Nc1cccc(C(F)(F)F)c1)c1cn2c3c(cccc3c1=Nc1cccc(C(F)(F)F)c1)CCC2. The summed E-state index contributed by atoms with van der Waals surface area (Å²) in [7, 11) is 0. The number of aromatic nitrogens is 1. The summed E-state index contributed by atoms with van der Waals surface area (Å²) in [4.78, 5) is 17.8. The number of rotatable bonds is 3. The second-order valence-corrected chi connectivity index (χ2v) is 8.69. The fourth-order valence-electron chi connectivity index (χ4n) is 4.51. The van der Waals surface area contributed by atoms with E-state index in [1.165, 1.54) is 24.3 Å². The van der Waals surface area contributed by atoms with Crippen molar-refractivity contribution in [2.45, 2.75) is 31.7 Å². The molecule has 4 nitrogen and oxygen atoms in total. The number of benzene rings is 3. The number of carbonyl (C=O) groups excluding carboxylic acids is 1. The molecule has 1 aliphatic heterocycles. The Hall–Kier alpha value is -4.08. The van der Waals surface area contributed by atoms with E-state index >= 15 is 0 Å². The summed E-state index contributed by atoms with van der Waals surface area (Å²) >= 11 is 0. The third-order valence-electron chi connectivity index (χ3n) is 6.15. The molecule has 0 saturated heterocycles. The molecule has 1 aromatic heterocycles. The number of nitrogens with zero attached hydrogens (tertiary/aromatic N) is 2. The van der Waals surface area contributed by atoms with Crippen molar-refractivity contribution in [3.05, 3.63) is 101 Å². The van der Waals surface area contributed by atoms with Crippen LogP contribution in [0.5, 0.6) is 0 Å². The van der Waals surface area contributed by atoms with Crippen molar-refractivity contribution in [2.75, 3.05) is 5.32 Å². The molecule has 1 N–H and O–H groups in total. The average Bonchev–Trinajstić information content (AvgIpc) is 2.85. The van der Waals surface area contributed by atoms with Crippen molar-refractivity contribution >= 4 is 28.2 Å². The quantitative estimate of drug-likeness (QED) is 0.291. The highest BCUT2D eigenvalue weighted by molar-refractivity contribution is 6.06. The van der Waals surface area contributed by atoms with Crippen LogP contribution in [0.25, 0.3) is 10.9 Å². The largest absolute Gasteiger partial charge is 0.416 e. The van der Waals surface area contributed by atoms with Gasteiger partial charge in [0.05, 0.1) is 33.3 Å². The number of alkyl halides is 6. The van der Waals surface area contributed by atoms with E-state index in [0.717, 1.165) is 48.2 Å². The van der Waals surface area contributed by atoms with E-state index in [2.05, 4.69) is 10.3 Å². The van der Waals surface area contributed by atoms with Gasteiger partial charge in [0.2, 0.25) is 0 Å². The fraction of sp³-hybridized carbons (Fsp3) is 0.185. The predicted octanol–water partition coefficient (Wildman–Crippen LogP) is 7.11. The lowest BCUT2D eigenvalue weighted by Crippen LogP contribution is -2.26. The van der Waals surface area contributed by atoms with E-state index in [4.69, 9.17) is 0 Å². The number of carbonyl (C=O) groups is 1. The zero-order chi connectivity index (χ0) is 26.4. The molecule has 2 heterocycles. The predicted molar refractivity (Wildman–Crippen MR) is 126 cm³/mol. The molecule has 0 unspecified atom stereocenters. The van der Waals surface area contributed by atoms with Gasteiger partial charge in [-0.1, -0.05) is 30.3 Å². The van der Waals surface area contributed by atoms with Crippen LogP contribution in [-0.4, -0.2) is 10.5 Å². The molecule has 190 valence electrons. The lowest BCUT2D eigenvalue weighted by molar-refractivity contribution is -0.138. The van der Waals surface area contributed by atoms with Gasteiger partial charge in [-0.05, 0) is 54.8 Å². The molecule has 3 aromatic carbocycles. The van der Waals surface area contributed by atoms with Crippen molar-refractivity contribution in [1.29, 1.82) is 0 Å². The van der Waals surface area contributed by atoms with Gasteiger partial charge in [0.1, 0.15) is 0 Å². The highest BCUT2D eigenvalue weighted by Gasteiger charge is 2.31. The van der Waals surface area contributed by atoms with Crippen LogP contribution in [0.4, 0.5) is 37.7 Å². The first-order valence-electron chi connectivity index (χ1n) is 11.4. The Morgan fingerprint density at radius 2 is 1.54 bits per heavy atom. The number of pyridine rings is 1. The third kappa shape index (κ3) is 4.96. The molecule has 0 bridgehead atoms. The normalized spacial score (nSPS) is 14.2. The van der Waals surface area contributed by atoms with Crippen LogP contribution >= 0.6 is 0 Å². The summed E-state index contributed by atoms with van der Waals surface area (Å²) in [5.41, 5.74) is -0.0417. The van der Waals surface area contributed by atoms with Gasteiger partial charge in [-0.25, -0.2) is 4.99 Å². The molecule has 5 rings (SSSR count). The second-order valence-electron chi connectivity index (χ2n) is 8.69. The Morgan fingerprint density at radius 3 is 2.27 bits per heavy atom. The van der Waals surface area contributed by atoms with E-state index in [1.54, 1.807) is 18.3 Å². The number of halogens is 6. The van der Waals surface area contributed by atoms with Gasteiger partial charge in [-0.2, -0.15) is 26.3 Å². The van der Waals surface area contributed by atoms with Crippen LogP contribution < -0.4 is 10.7 Å². The van der Waals surface area contributed by atoms with E-state index in [9.17, 15) is 31.1 Å². The van der Waals surface area contributed by atoms with Gasteiger partial charge < -0.3 is 9.88 Å². The van der Waals surface area contributed by atoms with Crippen LogP contribution in [0.2, 0.25) is 0 Å². The van der Waals surface area contributed by atoms with Crippen LogP contribution in [0, 0.1) is 0 Å². The van der Waals surface area contributed by atoms with Crippen LogP contribution in [0.15, 0.2) is 77.9 Å². The zero-order valence-corrected chi connectivity index (χ0v) is 19.1. The maximum Gasteiger partial charge on any atom is 0.416 e. The van der Waals surface area contributed by atoms with Gasteiger partial charge in [0.15, 0.2) is 0 Å². The number of aryl methyl sites for hydroxylation is 2. The Labute approximate surface area is 206 Å². The monoisotopic (exact) mass is 515 g/mol. The Kier molecular flexibility index (Phi) is 6.05. The minimum absolute atomic E-state index is 0.00976. The first kappa shape index (κ1) is 24.6. The van der Waals surface area contributed by atoms with Crippen molar-refractivity contribution in [2.24, 2.45) is 4.99 Å². The molecule has 0 saturated carbocycles. The molecule has 0 aliphatic carbocycles. The van der Waals surface area contributed by atoms with Crippen LogP contribution in [-0.2, 0) is 25.3 Å². The fourth-order valence-corrected chi connectivity index (χ4v) is 4.51. The highest BCUT2D eigenvalue weighted by Crippen LogP contribution is 2.32. The standard InChI is InChI=1S/C27H19F6N3O/c28-26(29,30)17-7-2-9-19(13-17)34-23-21-11-1-5-16-6-4-12-36(24(16)21)15-22(23)25(37)35-20-10-3-8-18(14-20)27(31,32)33/h1-3,5,7-11,13-15H,4,6,12H2,(H,35,37). The number of hydrogen-bond donors (Lipinski definition) is 1. The summed E-state index contributed by atoms with van der Waals surface area (Å²) in [5, 5.41) is 3.19. The minimum Gasteiger partial charge on any atom is -0.346 e. The van der Waals surface area contributed by atoms with E-state index in [1.807, 2.05) is 10.6 Å². The van der Waals surface area contributed by atoms with Crippen LogP contribution in [0.1, 0.15) is 33.5 Å². The topological polar surface area (TPSA) is 46.4 Å². The third-order valence-corrected chi connectivity index (χ3v) is 6.15. The Morgan fingerprint density at radius 1 is 0.865 bits per heavy atom. The summed E-state index contributed by atoms with van der Waals surface area (Å²) in [6.45, 7) is 0.598. The van der Waals surface area contributed by atoms with Gasteiger partial charge in [0, 0.05) is 23.8 Å². The molecule has 0 atom stereocenters. The lowest BCUT2D eigenvalue weighted by Gasteiger charge is -2.21. The number of amides is 1. The maximum absolute atomic E-state index is 13.4. The van der Waals surface area contributed by atoms with E-state index in [-0.39, 0.29) is 22.3 Å². The van der Waals surface area contributed by atoms with Crippen molar-refractivity contribution in [3.63, 3.8) is 0 Å². The van der Waals surface area contributed by atoms with Gasteiger partial charge >= 0.3 is 12.4 Å². The van der Waals surface area contributed by atoms with Gasteiger partial charge in [-0.15, -0.1) is 0 Å². The first-order chi connectivity index (χ1) is 17.5. The van der Waals surface area contributed by atoms with E-state index < -0.39 is 29.4 Å². The van der Waals surface area contributed by atoms with Crippen LogP contribution in [0.3, 0.4) is 0 Å². The molecule has 37 heavy (non-hydrogen) atoms. The molecule has 10 heteroatoms. The molecule has 0 spiro atoms. The molecule has 1 aliphatic rings. The molecule has 0 fully saturated rings. The smallest absolute Gasteiger partial charge is 0.346 e. The summed E-state index contributed by atoms with van der Waals surface area (Å²) in [5.74, 6) is -0.730. The molecular formula is C27H19F6N3O. The number of anilines is 1.